The highest BCUT2D eigenvalue weighted by Crippen LogP contribution is 2.37. The van der Waals surface area contributed by atoms with Crippen LogP contribution in [0.25, 0.3) is 0 Å². The van der Waals surface area contributed by atoms with Crippen molar-refractivity contribution in [2.24, 2.45) is 0 Å². The first kappa shape index (κ1) is 18.3. The molecule has 0 saturated carbocycles. The van der Waals surface area contributed by atoms with Crippen LogP contribution in [0.15, 0.2) is 46.8 Å². The minimum Gasteiger partial charge on any atom is -0.396 e. The SMILES string of the molecule is CC1=C(C)C(=O)C(C(CCCCCO)c2cccnc2)=C(C)C1=O. The lowest BCUT2D eigenvalue weighted by Crippen LogP contribution is -2.24. The maximum absolute atomic E-state index is 12.9. The smallest absolute Gasteiger partial charge is 0.186 e. The summed E-state index contributed by atoms with van der Waals surface area (Å²) in [6.45, 7) is 5.38. The highest BCUT2D eigenvalue weighted by atomic mass is 16.2. The Kier molecular flexibility index (Phi) is 6.21. The number of hydrogen-bond donors (Lipinski definition) is 1. The van der Waals surface area contributed by atoms with Gasteiger partial charge in [0.1, 0.15) is 0 Å². The number of aliphatic hydroxyl groups excluding tert-OH is 1. The molecule has 1 heterocycles. The Balaban J connectivity index is 2.39. The average Bonchev–Trinajstić information content (AvgIpc) is 2.61. The number of Topliss-reactive ketones (excluding diaryl/α,β-unsaturated/α-hetero) is 2. The number of rotatable bonds is 7. The summed E-state index contributed by atoms with van der Waals surface area (Å²) in [5.41, 5.74) is 3.22. The summed E-state index contributed by atoms with van der Waals surface area (Å²) in [7, 11) is 0. The Morgan fingerprint density at radius 3 is 2.33 bits per heavy atom. The van der Waals surface area contributed by atoms with E-state index in [4.69, 9.17) is 5.11 Å². The van der Waals surface area contributed by atoms with Crippen LogP contribution in [0.2, 0.25) is 0 Å². The lowest BCUT2D eigenvalue weighted by molar-refractivity contribution is -0.116. The van der Waals surface area contributed by atoms with Crippen LogP contribution in [0.1, 0.15) is 57.9 Å². The van der Waals surface area contributed by atoms with Crippen molar-refractivity contribution in [1.82, 2.24) is 4.98 Å². The summed E-state index contributed by atoms with van der Waals surface area (Å²) in [6.07, 6.45) is 6.79. The largest absolute Gasteiger partial charge is 0.396 e. The number of allylic oxidation sites excluding steroid dienone is 4. The Hall–Kier alpha value is -2.07. The fourth-order valence-electron chi connectivity index (χ4n) is 3.23. The number of pyridine rings is 1. The molecule has 128 valence electrons. The van der Waals surface area contributed by atoms with Gasteiger partial charge in [-0.3, -0.25) is 14.6 Å². The van der Waals surface area contributed by atoms with Crippen molar-refractivity contribution in [3.05, 3.63) is 52.4 Å². The molecule has 4 nitrogen and oxygen atoms in total. The molecule has 1 N–H and O–H groups in total. The highest BCUT2D eigenvalue weighted by Gasteiger charge is 2.33. The van der Waals surface area contributed by atoms with Gasteiger partial charge in [0.25, 0.3) is 0 Å². The van der Waals surface area contributed by atoms with Crippen molar-refractivity contribution in [2.75, 3.05) is 6.61 Å². The predicted octanol–water partition coefficient (Wildman–Crippen LogP) is 3.52. The molecule has 0 aromatic carbocycles. The molecule has 1 aromatic rings. The fourth-order valence-corrected chi connectivity index (χ4v) is 3.23. The van der Waals surface area contributed by atoms with Gasteiger partial charge in [-0.05, 0) is 45.2 Å². The first-order valence-corrected chi connectivity index (χ1v) is 8.47. The number of aromatic nitrogens is 1. The quantitative estimate of drug-likeness (QED) is 0.614. The van der Waals surface area contributed by atoms with E-state index in [-0.39, 0.29) is 24.1 Å². The molecular weight excluding hydrogens is 302 g/mol. The first-order valence-electron chi connectivity index (χ1n) is 8.47. The molecule has 0 fully saturated rings. The van der Waals surface area contributed by atoms with E-state index in [0.717, 1.165) is 31.2 Å². The number of unbranched alkanes of at least 4 members (excludes halogenated alkanes) is 2. The molecule has 1 aliphatic carbocycles. The van der Waals surface area contributed by atoms with E-state index >= 15 is 0 Å². The van der Waals surface area contributed by atoms with E-state index in [9.17, 15) is 9.59 Å². The number of nitrogens with zero attached hydrogens (tertiary/aromatic N) is 1. The number of aliphatic hydroxyl groups is 1. The molecule has 1 unspecified atom stereocenters. The highest BCUT2D eigenvalue weighted by molar-refractivity contribution is 6.25. The minimum absolute atomic E-state index is 0.0272. The molecular formula is C20H25NO3. The number of ketones is 2. The summed E-state index contributed by atoms with van der Waals surface area (Å²) in [5, 5.41) is 8.96. The van der Waals surface area contributed by atoms with Crippen LogP contribution in [-0.2, 0) is 9.59 Å². The second-order valence-corrected chi connectivity index (χ2v) is 6.36. The summed E-state index contributed by atoms with van der Waals surface area (Å²) in [4.78, 5) is 29.5. The summed E-state index contributed by atoms with van der Waals surface area (Å²) < 4.78 is 0. The minimum atomic E-state index is -0.128. The van der Waals surface area contributed by atoms with Crippen molar-refractivity contribution in [2.45, 2.75) is 52.4 Å². The van der Waals surface area contributed by atoms with Crippen LogP contribution in [0.4, 0.5) is 0 Å². The Labute approximate surface area is 143 Å². The van der Waals surface area contributed by atoms with E-state index in [1.807, 2.05) is 12.1 Å². The van der Waals surface area contributed by atoms with Crippen LogP contribution in [0.5, 0.6) is 0 Å². The second kappa shape index (κ2) is 8.15. The summed E-state index contributed by atoms with van der Waals surface area (Å²) in [6, 6.07) is 3.82. The monoisotopic (exact) mass is 327 g/mol. The molecule has 24 heavy (non-hydrogen) atoms. The number of carbonyl (C=O) groups is 2. The first-order chi connectivity index (χ1) is 11.5. The Morgan fingerprint density at radius 1 is 1.00 bits per heavy atom. The van der Waals surface area contributed by atoms with E-state index in [0.29, 0.717) is 22.3 Å². The van der Waals surface area contributed by atoms with Gasteiger partial charge in [-0.2, -0.15) is 0 Å². The zero-order valence-corrected chi connectivity index (χ0v) is 14.6. The van der Waals surface area contributed by atoms with E-state index in [2.05, 4.69) is 4.98 Å². The van der Waals surface area contributed by atoms with Crippen molar-refractivity contribution in [3.8, 4) is 0 Å². The van der Waals surface area contributed by atoms with Gasteiger partial charge in [-0.15, -0.1) is 0 Å². The summed E-state index contributed by atoms with van der Waals surface area (Å²) in [5.74, 6) is -0.191. The predicted molar refractivity (Wildman–Crippen MR) is 93.6 cm³/mol. The van der Waals surface area contributed by atoms with Gasteiger partial charge in [0.15, 0.2) is 11.6 Å². The van der Waals surface area contributed by atoms with E-state index in [1.54, 1.807) is 33.2 Å². The molecule has 0 spiro atoms. The third kappa shape index (κ3) is 3.70. The molecule has 4 heteroatoms. The number of hydrogen-bond acceptors (Lipinski definition) is 4. The topological polar surface area (TPSA) is 67.3 Å². The molecule has 0 amide bonds. The third-order valence-corrected chi connectivity index (χ3v) is 4.82. The van der Waals surface area contributed by atoms with E-state index < -0.39 is 0 Å². The zero-order valence-electron chi connectivity index (χ0n) is 14.6. The van der Waals surface area contributed by atoms with Gasteiger partial charge < -0.3 is 5.11 Å². The average molecular weight is 327 g/mol. The van der Waals surface area contributed by atoms with Crippen LogP contribution in [-0.4, -0.2) is 28.3 Å². The Bertz CT molecular complexity index is 686. The molecule has 1 aliphatic rings. The van der Waals surface area contributed by atoms with Gasteiger partial charge in [0.2, 0.25) is 0 Å². The van der Waals surface area contributed by atoms with Gasteiger partial charge in [-0.1, -0.05) is 18.9 Å². The van der Waals surface area contributed by atoms with Crippen molar-refractivity contribution in [3.63, 3.8) is 0 Å². The van der Waals surface area contributed by atoms with E-state index in [1.165, 1.54) is 0 Å². The van der Waals surface area contributed by atoms with Crippen LogP contribution in [0, 0.1) is 0 Å². The molecule has 1 aromatic heterocycles. The molecule has 0 bridgehead atoms. The molecule has 2 rings (SSSR count). The number of carbonyl (C=O) groups excluding carboxylic acids is 2. The van der Waals surface area contributed by atoms with Crippen molar-refractivity contribution in [1.29, 1.82) is 0 Å². The second-order valence-electron chi connectivity index (χ2n) is 6.36. The molecule has 0 aliphatic heterocycles. The normalized spacial score (nSPS) is 16.8. The third-order valence-electron chi connectivity index (χ3n) is 4.82. The maximum Gasteiger partial charge on any atom is 0.186 e. The summed E-state index contributed by atoms with van der Waals surface area (Å²) >= 11 is 0. The molecule has 0 saturated heterocycles. The van der Waals surface area contributed by atoms with Crippen LogP contribution in [0.3, 0.4) is 0 Å². The fraction of sp³-hybridized carbons (Fsp3) is 0.450. The van der Waals surface area contributed by atoms with Gasteiger partial charge in [0, 0.05) is 47.2 Å². The van der Waals surface area contributed by atoms with Gasteiger partial charge in [-0.25, -0.2) is 0 Å². The lowest BCUT2D eigenvalue weighted by Gasteiger charge is -2.26. The Morgan fingerprint density at radius 2 is 1.71 bits per heavy atom. The zero-order chi connectivity index (χ0) is 17.7. The van der Waals surface area contributed by atoms with Crippen molar-refractivity contribution < 1.29 is 14.7 Å². The molecule has 0 radical (unpaired) electrons. The van der Waals surface area contributed by atoms with Gasteiger partial charge in [0.05, 0.1) is 0 Å². The maximum atomic E-state index is 12.9. The van der Waals surface area contributed by atoms with Gasteiger partial charge >= 0.3 is 0 Å². The standard InChI is InChI=1S/C20H25NO3/c1-13-14(2)20(24)18(15(3)19(13)23)17(9-5-4-6-11-22)16-8-7-10-21-12-16/h7-8,10,12,17,22H,4-6,9,11H2,1-3H3. The molecule has 1 atom stereocenters. The van der Waals surface area contributed by atoms with Crippen LogP contribution >= 0.6 is 0 Å². The lowest BCUT2D eigenvalue weighted by atomic mass is 9.76. The van der Waals surface area contributed by atoms with Crippen molar-refractivity contribution >= 4 is 11.6 Å². The van der Waals surface area contributed by atoms with Crippen LogP contribution < -0.4 is 0 Å².